The fourth-order valence-corrected chi connectivity index (χ4v) is 3.71. The van der Waals surface area contributed by atoms with E-state index in [1.807, 2.05) is 42.2 Å². The largest absolute Gasteiger partial charge is 0.338 e. The number of urea groups is 1. The number of pyridine rings is 1. The van der Waals surface area contributed by atoms with Crippen LogP contribution in [-0.4, -0.2) is 51.0 Å². The van der Waals surface area contributed by atoms with Crippen molar-refractivity contribution in [3.8, 4) is 5.82 Å². The van der Waals surface area contributed by atoms with Crippen LogP contribution in [0.1, 0.15) is 28.8 Å². The number of imidazole rings is 1. The molecule has 8 nitrogen and oxygen atoms in total. The Bertz CT molecular complexity index is 1020. The average molecular weight is 419 g/mol. The van der Waals surface area contributed by atoms with Crippen molar-refractivity contribution in [2.75, 3.05) is 25.0 Å². The second-order valence-corrected chi connectivity index (χ2v) is 7.84. The van der Waals surface area contributed by atoms with Gasteiger partial charge in [0.25, 0.3) is 5.91 Å². The summed E-state index contributed by atoms with van der Waals surface area (Å²) in [4.78, 5) is 35.3. The predicted molar refractivity (Wildman–Crippen MR) is 118 cm³/mol. The maximum absolute atomic E-state index is 12.9. The lowest BCUT2D eigenvalue weighted by Gasteiger charge is -2.33. The molecule has 0 spiro atoms. The van der Waals surface area contributed by atoms with Gasteiger partial charge in [0.15, 0.2) is 0 Å². The molecule has 160 valence electrons. The minimum absolute atomic E-state index is 0.0292. The molecule has 1 unspecified atom stereocenters. The normalized spacial score (nSPS) is 16.0. The summed E-state index contributed by atoms with van der Waals surface area (Å²) in [5, 5.41) is 5.77. The topological polar surface area (TPSA) is 92.2 Å². The third-order valence-corrected chi connectivity index (χ3v) is 5.43. The standard InChI is InChI=1S/C23H26N6O2/c1-17-4-7-20(8-5-17)27-23(31)26-13-18-3-2-11-28(15-18)22(30)19-6-9-21(25-14-19)29-12-10-24-16-29/h4-10,12,14,16,18H,2-3,11,13,15H2,1H3,(H2,26,27,31). The Morgan fingerprint density at radius 1 is 1.16 bits per heavy atom. The van der Waals surface area contributed by atoms with Gasteiger partial charge in [-0.3, -0.25) is 9.36 Å². The number of likely N-dealkylation sites (tertiary alicyclic amines) is 1. The smallest absolute Gasteiger partial charge is 0.319 e. The van der Waals surface area contributed by atoms with Crippen LogP contribution >= 0.6 is 0 Å². The highest BCUT2D eigenvalue weighted by Crippen LogP contribution is 2.18. The Hall–Kier alpha value is -3.68. The number of carbonyl (C=O) groups excluding carboxylic acids is 2. The number of nitrogens with one attached hydrogen (secondary N) is 2. The lowest BCUT2D eigenvalue weighted by Crippen LogP contribution is -2.44. The highest BCUT2D eigenvalue weighted by molar-refractivity contribution is 5.94. The van der Waals surface area contributed by atoms with Gasteiger partial charge < -0.3 is 15.5 Å². The zero-order valence-corrected chi connectivity index (χ0v) is 17.5. The van der Waals surface area contributed by atoms with Crippen molar-refractivity contribution in [3.63, 3.8) is 0 Å². The van der Waals surface area contributed by atoms with Crippen LogP contribution in [0.5, 0.6) is 0 Å². The van der Waals surface area contributed by atoms with Crippen LogP contribution in [0.2, 0.25) is 0 Å². The molecule has 1 atom stereocenters. The minimum atomic E-state index is -0.230. The molecule has 0 bridgehead atoms. The Balaban J connectivity index is 1.29. The molecule has 4 rings (SSSR count). The van der Waals surface area contributed by atoms with Gasteiger partial charge in [-0.1, -0.05) is 17.7 Å². The summed E-state index contributed by atoms with van der Waals surface area (Å²) < 4.78 is 1.79. The molecule has 0 aliphatic carbocycles. The zero-order chi connectivity index (χ0) is 21.6. The molecule has 1 aliphatic heterocycles. The van der Waals surface area contributed by atoms with Gasteiger partial charge in [-0.2, -0.15) is 0 Å². The van der Waals surface area contributed by atoms with Crippen molar-refractivity contribution >= 4 is 17.6 Å². The molecule has 8 heteroatoms. The van der Waals surface area contributed by atoms with Gasteiger partial charge in [0.1, 0.15) is 12.1 Å². The first kappa shape index (κ1) is 20.6. The number of aryl methyl sites for hydroxylation is 1. The average Bonchev–Trinajstić information content (AvgIpc) is 3.34. The number of rotatable bonds is 5. The molecule has 1 aromatic carbocycles. The Labute approximate surface area is 181 Å². The molecule has 0 radical (unpaired) electrons. The van der Waals surface area contributed by atoms with Gasteiger partial charge in [0, 0.05) is 43.9 Å². The van der Waals surface area contributed by atoms with E-state index < -0.39 is 0 Å². The maximum Gasteiger partial charge on any atom is 0.319 e. The molecule has 31 heavy (non-hydrogen) atoms. The molecule has 3 amide bonds. The molecular formula is C23H26N6O2. The lowest BCUT2D eigenvalue weighted by molar-refractivity contribution is 0.0674. The van der Waals surface area contributed by atoms with Crippen molar-refractivity contribution in [2.45, 2.75) is 19.8 Å². The first-order valence-corrected chi connectivity index (χ1v) is 10.4. The van der Waals surface area contributed by atoms with Crippen LogP contribution in [0.25, 0.3) is 5.82 Å². The van der Waals surface area contributed by atoms with Gasteiger partial charge in [0.05, 0.1) is 5.56 Å². The number of anilines is 1. The summed E-state index contributed by atoms with van der Waals surface area (Å²) in [6.45, 7) is 3.87. The molecule has 1 saturated heterocycles. The van der Waals surface area contributed by atoms with E-state index in [9.17, 15) is 9.59 Å². The number of amides is 3. The summed E-state index contributed by atoms with van der Waals surface area (Å²) in [6.07, 6.45) is 8.66. The first-order chi connectivity index (χ1) is 15.1. The Morgan fingerprint density at radius 3 is 2.71 bits per heavy atom. The summed E-state index contributed by atoms with van der Waals surface area (Å²) in [5.41, 5.74) is 2.47. The van der Waals surface area contributed by atoms with Gasteiger partial charge in [0.2, 0.25) is 0 Å². The van der Waals surface area contributed by atoms with E-state index in [0.717, 1.165) is 24.1 Å². The number of nitrogens with zero attached hydrogens (tertiary/aromatic N) is 4. The Kier molecular flexibility index (Phi) is 6.26. The molecule has 1 fully saturated rings. The molecule has 1 aliphatic rings. The molecule has 0 saturated carbocycles. The van der Waals surface area contributed by atoms with Crippen LogP contribution in [0.15, 0.2) is 61.3 Å². The number of piperidine rings is 1. The highest BCUT2D eigenvalue weighted by atomic mass is 16.2. The fourth-order valence-electron chi connectivity index (χ4n) is 3.71. The third kappa shape index (κ3) is 5.28. The van der Waals surface area contributed by atoms with E-state index in [4.69, 9.17) is 0 Å². The maximum atomic E-state index is 12.9. The van der Waals surface area contributed by atoms with E-state index >= 15 is 0 Å². The number of carbonyl (C=O) groups is 2. The molecular weight excluding hydrogens is 392 g/mol. The van der Waals surface area contributed by atoms with E-state index in [0.29, 0.717) is 31.0 Å². The van der Waals surface area contributed by atoms with Gasteiger partial charge in [-0.05, 0) is 49.9 Å². The molecule has 3 heterocycles. The highest BCUT2D eigenvalue weighted by Gasteiger charge is 2.25. The predicted octanol–water partition coefficient (Wildman–Crippen LogP) is 3.25. The van der Waals surface area contributed by atoms with E-state index in [1.54, 1.807) is 35.6 Å². The van der Waals surface area contributed by atoms with Crippen molar-refractivity contribution < 1.29 is 9.59 Å². The van der Waals surface area contributed by atoms with Crippen LogP contribution < -0.4 is 10.6 Å². The van der Waals surface area contributed by atoms with Crippen LogP contribution in [0, 0.1) is 12.8 Å². The van der Waals surface area contributed by atoms with Gasteiger partial charge >= 0.3 is 6.03 Å². The number of benzene rings is 1. The van der Waals surface area contributed by atoms with Crippen molar-refractivity contribution in [3.05, 3.63) is 72.4 Å². The second kappa shape index (κ2) is 9.42. The summed E-state index contributed by atoms with van der Waals surface area (Å²) >= 11 is 0. The molecule has 2 N–H and O–H groups in total. The quantitative estimate of drug-likeness (QED) is 0.665. The van der Waals surface area contributed by atoms with Crippen molar-refractivity contribution in [2.24, 2.45) is 5.92 Å². The monoisotopic (exact) mass is 418 g/mol. The second-order valence-electron chi connectivity index (χ2n) is 7.84. The SMILES string of the molecule is Cc1ccc(NC(=O)NCC2CCCN(C(=O)c3ccc(-n4ccnc4)nc3)C2)cc1. The van der Waals surface area contributed by atoms with Gasteiger partial charge in [-0.15, -0.1) is 0 Å². The number of aromatic nitrogens is 3. The Morgan fingerprint density at radius 2 is 2.00 bits per heavy atom. The molecule has 2 aromatic heterocycles. The zero-order valence-electron chi connectivity index (χ0n) is 17.5. The summed E-state index contributed by atoms with van der Waals surface area (Å²) in [5.74, 6) is 0.910. The van der Waals surface area contributed by atoms with Gasteiger partial charge in [-0.25, -0.2) is 14.8 Å². The van der Waals surface area contributed by atoms with Crippen LogP contribution in [0.4, 0.5) is 10.5 Å². The van der Waals surface area contributed by atoms with E-state index in [-0.39, 0.29) is 17.9 Å². The number of hydrogen-bond donors (Lipinski definition) is 2. The van der Waals surface area contributed by atoms with E-state index in [1.165, 1.54) is 0 Å². The minimum Gasteiger partial charge on any atom is -0.338 e. The van der Waals surface area contributed by atoms with Crippen LogP contribution in [0.3, 0.4) is 0 Å². The third-order valence-electron chi connectivity index (χ3n) is 5.43. The summed E-state index contributed by atoms with van der Waals surface area (Å²) in [7, 11) is 0. The van der Waals surface area contributed by atoms with Crippen molar-refractivity contribution in [1.29, 1.82) is 0 Å². The van der Waals surface area contributed by atoms with E-state index in [2.05, 4.69) is 20.6 Å². The fraction of sp³-hybridized carbons (Fsp3) is 0.304. The molecule has 3 aromatic rings. The number of hydrogen-bond acceptors (Lipinski definition) is 4. The first-order valence-electron chi connectivity index (χ1n) is 10.4. The van der Waals surface area contributed by atoms with Crippen LogP contribution in [-0.2, 0) is 0 Å². The van der Waals surface area contributed by atoms with Crippen molar-refractivity contribution in [1.82, 2.24) is 24.8 Å². The summed E-state index contributed by atoms with van der Waals surface area (Å²) in [6, 6.07) is 11.0. The lowest BCUT2D eigenvalue weighted by atomic mass is 9.97.